The number of hydrogen-bond acceptors (Lipinski definition) is 4. The highest BCUT2D eigenvalue weighted by atomic mass is 35.5. The lowest BCUT2D eigenvalue weighted by molar-refractivity contribution is -0.141. The highest BCUT2D eigenvalue weighted by Gasteiger charge is 2.40. The van der Waals surface area contributed by atoms with E-state index in [1.165, 1.54) is 12.0 Å². The van der Waals surface area contributed by atoms with Gasteiger partial charge in [0.2, 0.25) is 0 Å². The van der Waals surface area contributed by atoms with Crippen LogP contribution in [0.5, 0.6) is 0 Å². The molecule has 2 atom stereocenters. The fraction of sp³-hybridized carbons (Fsp3) is 0.353. The molecule has 7 nitrogen and oxygen atoms in total. The van der Waals surface area contributed by atoms with Crippen LogP contribution in [0.4, 0.5) is 0 Å². The van der Waals surface area contributed by atoms with Crippen LogP contribution < -0.4 is 0 Å². The number of ether oxygens (including phenoxy) is 1. The molecule has 2 heterocycles. The molecule has 0 aliphatic carbocycles. The van der Waals surface area contributed by atoms with Crippen LogP contribution in [0.2, 0.25) is 5.02 Å². The van der Waals surface area contributed by atoms with Crippen molar-refractivity contribution in [2.75, 3.05) is 13.7 Å². The number of amides is 1. The first kappa shape index (κ1) is 17.4. The van der Waals surface area contributed by atoms with E-state index in [1.807, 2.05) is 19.1 Å². The third-order valence-electron chi connectivity index (χ3n) is 4.33. The van der Waals surface area contributed by atoms with Crippen LogP contribution in [0.25, 0.3) is 5.69 Å². The molecule has 1 saturated heterocycles. The van der Waals surface area contributed by atoms with Crippen LogP contribution in [-0.4, -0.2) is 57.5 Å². The number of benzene rings is 1. The zero-order valence-electron chi connectivity index (χ0n) is 13.8. The smallest absolute Gasteiger partial charge is 0.326 e. The van der Waals surface area contributed by atoms with E-state index in [9.17, 15) is 14.7 Å². The molecular formula is C17H18ClN3O4. The first-order valence-corrected chi connectivity index (χ1v) is 8.18. The van der Waals surface area contributed by atoms with Crippen LogP contribution in [0, 0.1) is 6.92 Å². The van der Waals surface area contributed by atoms with Crippen molar-refractivity contribution < 1.29 is 19.4 Å². The molecule has 0 radical (unpaired) electrons. The molecular weight excluding hydrogens is 346 g/mol. The van der Waals surface area contributed by atoms with Gasteiger partial charge in [0.25, 0.3) is 5.91 Å². The largest absolute Gasteiger partial charge is 0.480 e. The molecule has 0 saturated carbocycles. The van der Waals surface area contributed by atoms with Crippen molar-refractivity contribution in [2.45, 2.75) is 25.5 Å². The molecule has 1 N–H and O–H groups in total. The van der Waals surface area contributed by atoms with Crippen molar-refractivity contribution in [2.24, 2.45) is 0 Å². The number of rotatable bonds is 4. The van der Waals surface area contributed by atoms with Crippen molar-refractivity contribution in [1.82, 2.24) is 14.7 Å². The molecule has 1 aromatic heterocycles. The van der Waals surface area contributed by atoms with Gasteiger partial charge in [-0.05, 0) is 25.1 Å². The lowest BCUT2D eigenvalue weighted by Crippen LogP contribution is -2.40. The number of carboxylic acid groups (broad SMARTS) is 1. The number of hydrogen-bond donors (Lipinski definition) is 1. The summed E-state index contributed by atoms with van der Waals surface area (Å²) >= 11 is 6.20. The third kappa shape index (κ3) is 3.25. The number of methoxy groups -OCH3 is 1. The van der Waals surface area contributed by atoms with Gasteiger partial charge >= 0.3 is 5.97 Å². The number of aryl methyl sites for hydroxylation is 1. The number of carboxylic acids is 1. The SMILES string of the molecule is COC1CC(C(=O)O)N(C(=O)c2cc(C)n(-c3ccccc3Cl)n2)C1. The Labute approximate surface area is 149 Å². The molecule has 1 fully saturated rings. The number of carbonyl (C=O) groups excluding carboxylic acids is 1. The highest BCUT2D eigenvalue weighted by Crippen LogP contribution is 2.25. The molecule has 0 spiro atoms. The Balaban J connectivity index is 1.92. The fourth-order valence-corrected chi connectivity index (χ4v) is 3.24. The van der Waals surface area contributed by atoms with Gasteiger partial charge in [-0.2, -0.15) is 5.10 Å². The van der Waals surface area contributed by atoms with Gasteiger partial charge < -0.3 is 14.7 Å². The Morgan fingerprint density at radius 1 is 1.36 bits per heavy atom. The number of likely N-dealkylation sites (tertiary alicyclic amines) is 1. The molecule has 8 heteroatoms. The topological polar surface area (TPSA) is 84.7 Å². The number of carbonyl (C=O) groups is 2. The van der Waals surface area contributed by atoms with E-state index in [0.717, 1.165) is 5.69 Å². The second-order valence-electron chi connectivity index (χ2n) is 5.94. The summed E-state index contributed by atoms with van der Waals surface area (Å²) in [5.41, 5.74) is 1.57. The maximum atomic E-state index is 12.8. The maximum absolute atomic E-state index is 12.8. The van der Waals surface area contributed by atoms with E-state index in [4.69, 9.17) is 16.3 Å². The quantitative estimate of drug-likeness (QED) is 0.899. The van der Waals surface area contributed by atoms with Crippen LogP contribution >= 0.6 is 11.6 Å². The summed E-state index contributed by atoms with van der Waals surface area (Å²) in [7, 11) is 1.51. The van der Waals surface area contributed by atoms with Crippen molar-refractivity contribution in [3.8, 4) is 5.69 Å². The minimum atomic E-state index is -1.05. The monoisotopic (exact) mass is 363 g/mol. The number of aliphatic carboxylic acids is 1. The van der Waals surface area contributed by atoms with Crippen LogP contribution in [-0.2, 0) is 9.53 Å². The summed E-state index contributed by atoms with van der Waals surface area (Å²) in [6.45, 7) is 2.04. The molecule has 1 amide bonds. The van der Waals surface area contributed by atoms with E-state index >= 15 is 0 Å². The Morgan fingerprint density at radius 3 is 2.72 bits per heavy atom. The standard InChI is InChI=1S/C17H18ClN3O4/c1-10-7-13(19-21(10)14-6-4-3-5-12(14)18)16(22)20-9-11(25-2)8-15(20)17(23)24/h3-7,11,15H,8-9H2,1-2H3,(H,23,24). The van der Waals surface area contributed by atoms with Crippen LogP contribution in [0.1, 0.15) is 22.6 Å². The Morgan fingerprint density at radius 2 is 2.08 bits per heavy atom. The fourth-order valence-electron chi connectivity index (χ4n) is 3.02. The van der Waals surface area contributed by atoms with Gasteiger partial charge in [-0.25, -0.2) is 9.48 Å². The summed E-state index contributed by atoms with van der Waals surface area (Å²) < 4.78 is 6.80. The second-order valence-corrected chi connectivity index (χ2v) is 6.35. The van der Waals surface area contributed by atoms with Gasteiger partial charge in [-0.1, -0.05) is 23.7 Å². The molecule has 2 aromatic rings. The van der Waals surface area contributed by atoms with E-state index in [1.54, 1.807) is 22.9 Å². The zero-order chi connectivity index (χ0) is 18.1. The Kier molecular flexibility index (Phi) is 4.78. The van der Waals surface area contributed by atoms with Crippen LogP contribution in [0.3, 0.4) is 0 Å². The van der Waals surface area contributed by atoms with Gasteiger partial charge in [0.05, 0.1) is 16.8 Å². The van der Waals surface area contributed by atoms with E-state index in [-0.39, 0.29) is 24.8 Å². The summed E-state index contributed by atoms with van der Waals surface area (Å²) in [6, 6.07) is 7.89. The van der Waals surface area contributed by atoms with Crippen molar-refractivity contribution >= 4 is 23.5 Å². The Bertz CT molecular complexity index is 820. The maximum Gasteiger partial charge on any atom is 0.326 e. The normalized spacial score (nSPS) is 20.0. The molecule has 0 bridgehead atoms. The average molecular weight is 364 g/mol. The van der Waals surface area contributed by atoms with Crippen molar-refractivity contribution in [3.63, 3.8) is 0 Å². The van der Waals surface area contributed by atoms with Crippen molar-refractivity contribution in [1.29, 1.82) is 0 Å². The molecule has 3 rings (SSSR count). The third-order valence-corrected chi connectivity index (χ3v) is 4.65. The lowest BCUT2D eigenvalue weighted by Gasteiger charge is -2.19. The van der Waals surface area contributed by atoms with Crippen LogP contribution in [0.15, 0.2) is 30.3 Å². The molecule has 1 aliphatic heterocycles. The molecule has 25 heavy (non-hydrogen) atoms. The molecule has 1 aromatic carbocycles. The summed E-state index contributed by atoms with van der Waals surface area (Å²) in [6.07, 6.45) is -0.0290. The van der Waals surface area contributed by atoms with Gasteiger partial charge in [-0.15, -0.1) is 0 Å². The summed E-state index contributed by atoms with van der Waals surface area (Å²) in [4.78, 5) is 25.6. The van der Waals surface area contributed by atoms with Gasteiger partial charge in [-0.3, -0.25) is 4.79 Å². The van der Waals surface area contributed by atoms with Gasteiger partial charge in [0.15, 0.2) is 5.69 Å². The lowest BCUT2D eigenvalue weighted by atomic mass is 10.2. The van der Waals surface area contributed by atoms with E-state index in [0.29, 0.717) is 10.7 Å². The number of halogens is 1. The second kappa shape index (κ2) is 6.85. The zero-order valence-corrected chi connectivity index (χ0v) is 14.6. The summed E-state index contributed by atoms with van der Waals surface area (Å²) in [5, 5.41) is 14.2. The minimum absolute atomic E-state index is 0.181. The average Bonchev–Trinajstić information content (AvgIpc) is 3.18. The van der Waals surface area contributed by atoms with E-state index < -0.39 is 17.9 Å². The highest BCUT2D eigenvalue weighted by molar-refractivity contribution is 6.32. The predicted molar refractivity (Wildman–Crippen MR) is 91.2 cm³/mol. The summed E-state index contributed by atoms with van der Waals surface area (Å²) in [5.74, 6) is -1.48. The number of para-hydroxylation sites is 1. The minimum Gasteiger partial charge on any atom is -0.480 e. The molecule has 1 aliphatic rings. The Hall–Kier alpha value is -2.38. The first-order chi connectivity index (χ1) is 11.9. The molecule has 132 valence electrons. The van der Waals surface area contributed by atoms with Gasteiger partial charge in [0.1, 0.15) is 6.04 Å². The number of nitrogens with zero attached hydrogens (tertiary/aromatic N) is 3. The van der Waals surface area contributed by atoms with Gasteiger partial charge in [0, 0.05) is 25.8 Å². The predicted octanol–water partition coefficient (Wildman–Crippen LogP) is 2.15. The first-order valence-electron chi connectivity index (χ1n) is 7.80. The number of aromatic nitrogens is 2. The van der Waals surface area contributed by atoms with E-state index in [2.05, 4.69) is 5.10 Å². The molecule has 2 unspecified atom stereocenters. The van der Waals surface area contributed by atoms with Crippen molar-refractivity contribution in [3.05, 3.63) is 46.7 Å².